The van der Waals surface area contributed by atoms with Crippen LogP contribution in [0.1, 0.15) is 24.6 Å². The van der Waals surface area contributed by atoms with Crippen LogP contribution in [0.5, 0.6) is 0 Å². The van der Waals surface area contributed by atoms with E-state index >= 15 is 0 Å². The fourth-order valence-electron chi connectivity index (χ4n) is 1.90. The molecule has 2 rings (SSSR count). The smallest absolute Gasteiger partial charge is 0.225 e. The Morgan fingerprint density at radius 1 is 1.60 bits per heavy atom. The summed E-state index contributed by atoms with van der Waals surface area (Å²) in [6.45, 7) is 6.25. The molecule has 0 bridgehead atoms. The van der Waals surface area contributed by atoms with E-state index in [1.807, 2.05) is 6.92 Å². The Bertz CT molecular complexity index is 354. The highest BCUT2D eigenvalue weighted by molar-refractivity contribution is 5.34. The van der Waals surface area contributed by atoms with Crippen LogP contribution in [0.15, 0.2) is 6.20 Å². The highest BCUT2D eigenvalue weighted by Gasteiger charge is 2.21. The molecule has 1 unspecified atom stereocenters. The summed E-state index contributed by atoms with van der Waals surface area (Å²) >= 11 is 0. The van der Waals surface area contributed by atoms with Gasteiger partial charge in [-0.25, -0.2) is 9.97 Å². The molecule has 1 aliphatic heterocycles. The third-order valence-electron chi connectivity index (χ3n) is 2.95. The van der Waals surface area contributed by atoms with E-state index in [2.05, 4.69) is 21.8 Å². The Balaban J connectivity index is 2.19. The van der Waals surface area contributed by atoms with Crippen molar-refractivity contribution < 1.29 is 5.11 Å². The molecule has 1 saturated heterocycles. The van der Waals surface area contributed by atoms with E-state index in [1.54, 1.807) is 6.20 Å². The van der Waals surface area contributed by atoms with E-state index in [9.17, 15) is 0 Å². The predicted molar refractivity (Wildman–Crippen MR) is 58.7 cm³/mol. The monoisotopic (exact) mass is 207 g/mol. The van der Waals surface area contributed by atoms with Crippen molar-refractivity contribution in [1.29, 1.82) is 0 Å². The SMILES string of the molecule is Cc1nc(N2CCC(C)C2)ncc1CO. The zero-order valence-corrected chi connectivity index (χ0v) is 9.27. The first-order valence-electron chi connectivity index (χ1n) is 5.39. The van der Waals surface area contributed by atoms with Crippen LogP contribution in [0.2, 0.25) is 0 Å². The Hall–Kier alpha value is -1.16. The Morgan fingerprint density at radius 2 is 2.40 bits per heavy atom. The number of hydrogen-bond donors (Lipinski definition) is 1. The summed E-state index contributed by atoms with van der Waals surface area (Å²) in [7, 11) is 0. The van der Waals surface area contributed by atoms with Crippen LogP contribution in [0.4, 0.5) is 5.95 Å². The van der Waals surface area contributed by atoms with Gasteiger partial charge >= 0.3 is 0 Å². The fourth-order valence-corrected chi connectivity index (χ4v) is 1.90. The molecule has 82 valence electrons. The second-order valence-corrected chi connectivity index (χ2v) is 4.28. The molecular weight excluding hydrogens is 190 g/mol. The zero-order chi connectivity index (χ0) is 10.8. The van der Waals surface area contributed by atoms with E-state index < -0.39 is 0 Å². The first-order valence-corrected chi connectivity index (χ1v) is 5.39. The van der Waals surface area contributed by atoms with Gasteiger partial charge in [-0.2, -0.15) is 0 Å². The summed E-state index contributed by atoms with van der Waals surface area (Å²) in [6.07, 6.45) is 2.94. The fraction of sp³-hybridized carbons (Fsp3) is 0.636. The molecule has 1 N–H and O–H groups in total. The molecule has 1 aromatic heterocycles. The third-order valence-corrected chi connectivity index (χ3v) is 2.95. The van der Waals surface area contributed by atoms with Crippen molar-refractivity contribution in [1.82, 2.24) is 9.97 Å². The lowest BCUT2D eigenvalue weighted by atomic mass is 10.2. The van der Waals surface area contributed by atoms with Crippen LogP contribution in [0.3, 0.4) is 0 Å². The van der Waals surface area contributed by atoms with Gasteiger partial charge in [-0.05, 0) is 19.3 Å². The highest BCUT2D eigenvalue weighted by Crippen LogP contribution is 2.20. The van der Waals surface area contributed by atoms with Crippen molar-refractivity contribution in [2.45, 2.75) is 26.9 Å². The molecule has 1 aliphatic rings. The van der Waals surface area contributed by atoms with Gasteiger partial charge in [-0.15, -0.1) is 0 Å². The second kappa shape index (κ2) is 4.14. The molecule has 1 fully saturated rings. The van der Waals surface area contributed by atoms with Gasteiger partial charge < -0.3 is 10.0 Å². The summed E-state index contributed by atoms with van der Waals surface area (Å²) in [5.41, 5.74) is 1.69. The largest absolute Gasteiger partial charge is 0.392 e. The molecule has 0 aliphatic carbocycles. The number of aryl methyl sites for hydroxylation is 1. The van der Waals surface area contributed by atoms with Gasteiger partial charge in [0.2, 0.25) is 5.95 Å². The van der Waals surface area contributed by atoms with Crippen molar-refractivity contribution in [3.8, 4) is 0 Å². The summed E-state index contributed by atoms with van der Waals surface area (Å²) in [4.78, 5) is 10.9. The second-order valence-electron chi connectivity index (χ2n) is 4.28. The molecule has 0 spiro atoms. The van der Waals surface area contributed by atoms with Crippen LogP contribution in [-0.2, 0) is 6.61 Å². The minimum Gasteiger partial charge on any atom is -0.392 e. The van der Waals surface area contributed by atoms with Crippen molar-refractivity contribution in [2.24, 2.45) is 5.92 Å². The summed E-state index contributed by atoms with van der Waals surface area (Å²) in [5.74, 6) is 1.53. The Labute approximate surface area is 90.0 Å². The maximum absolute atomic E-state index is 9.02. The molecular formula is C11H17N3O. The first kappa shape index (κ1) is 10.4. The van der Waals surface area contributed by atoms with Gasteiger partial charge in [0.15, 0.2) is 0 Å². The minimum atomic E-state index is 0.0164. The average Bonchev–Trinajstić information content (AvgIpc) is 2.65. The summed E-state index contributed by atoms with van der Waals surface area (Å²) in [6, 6.07) is 0. The van der Waals surface area contributed by atoms with Crippen LogP contribution >= 0.6 is 0 Å². The number of nitrogens with zero attached hydrogens (tertiary/aromatic N) is 3. The number of aromatic nitrogens is 2. The molecule has 0 amide bonds. The average molecular weight is 207 g/mol. The van der Waals surface area contributed by atoms with E-state index in [4.69, 9.17) is 5.11 Å². The number of anilines is 1. The van der Waals surface area contributed by atoms with Crippen molar-refractivity contribution >= 4 is 5.95 Å². The van der Waals surface area contributed by atoms with Crippen molar-refractivity contribution in [2.75, 3.05) is 18.0 Å². The van der Waals surface area contributed by atoms with E-state index in [1.165, 1.54) is 6.42 Å². The maximum atomic E-state index is 9.02. The Kier molecular flexibility index (Phi) is 2.86. The molecule has 0 aromatic carbocycles. The zero-order valence-electron chi connectivity index (χ0n) is 9.27. The quantitative estimate of drug-likeness (QED) is 0.789. The van der Waals surface area contributed by atoms with Crippen LogP contribution in [-0.4, -0.2) is 28.2 Å². The molecule has 0 saturated carbocycles. The first-order chi connectivity index (χ1) is 7.20. The van der Waals surface area contributed by atoms with Crippen LogP contribution < -0.4 is 4.90 Å². The number of aliphatic hydroxyl groups is 1. The highest BCUT2D eigenvalue weighted by atomic mass is 16.3. The van der Waals surface area contributed by atoms with Gasteiger partial charge in [0.05, 0.1) is 6.61 Å². The number of rotatable bonds is 2. The molecule has 1 atom stereocenters. The molecule has 4 heteroatoms. The van der Waals surface area contributed by atoms with Gasteiger partial charge in [-0.3, -0.25) is 0 Å². The number of hydrogen-bond acceptors (Lipinski definition) is 4. The van der Waals surface area contributed by atoms with Crippen molar-refractivity contribution in [3.05, 3.63) is 17.5 Å². The molecule has 4 nitrogen and oxygen atoms in total. The summed E-state index contributed by atoms with van der Waals surface area (Å²) in [5, 5.41) is 9.02. The van der Waals surface area contributed by atoms with E-state index in [-0.39, 0.29) is 6.61 Å². The van der Waals surface area contributed by atoms with Gasteiger partial charge in [0.1, 0.15) is 0 Å². The van der Waals surface area contributed by atoms with Crippen LogP contribution in [0.25, 0.3) is 0 Å². The molecule has 15 heavy (non-hydrogen) atoms. The van der Waals surface area contributed by atoms with Crippen LogP contribution in [0, 0.1) is 12.8 Å². The van der Waals surface area contributed by atoms with Gasteiger partial charge in [0, 0.05) is 30.5 Å². The predicted octanol–water partition coefficient (Wildman–Crippen LogP) is 1.12. The minimum absolute atomic E-state index is 0.0164. The topological polar surface area (TPSA) is 49.2 Å². The van der Waals surface area contributed by atoms with Crippen molar-refractivity contribution in [3.63, 3.8) is 0 Å². The lowest BCUT2D eigenvalue weighted by molar-refractivity contribution is 0.280. The normalized spacial score (nSPS) is 21.0. The Morgan fingerprint density at radius 3 is 2.93 bits per heavy atom. The standard InChI is InChI=1S/C11H17N3O/c1-8-3-4-14(6-8)11-12-5-10(7-15)9(2)13-11/h5,8,15H,3-4,6-7H2,1-2H3. The molecule has 1 aromatic rings. The lowest BCUT2D eigenvalue weighted by Crippen LogP contribution is -2.22. The summed E-state index contributed by atoms with van der Waals surface area (Å²) < 4.78 is 0. The van der Waals surface area contributed by atoms with E-state index in [0.29, 0.717) is 0 Å². The maximum Gasteiger partial charge on any atom is 0.225 e. The molecule has 2 heterocycles. The van der Waals surface area contributed by atoms with Gasteiger partial charge in [-0.1, -0.05) is 6.92 Å². The van der Waals surface area contributed by atoms with Gasteiger partial charge in [0.25, 0.3) is 0 Å². The molecule has 0 radical (unpaired) electrons. The number of aliphatic hydroxyl groups excluding tert-OH is 1. The lowest BCUT2D eigenvalue weighted by Gasteiger charge is -2.16. The van der Waals surface area contributed by atoms with E-state index in [0.717, 1.165) is 36.2 Å². The third kappa shape index (κ3) is 2.09.